The number of alkyl halides is 3. The molecule has 4 nitrogen and oxygen atoms in total. The van der Waals surface area contributed by atoms with Gasteiger partial charge in [0.1, 0.15) is 5.82 Å². The van der Waals surface area contributed by atoms with Gasteiger partial charge in [-0.25, -0.2) is 9.38 Å². The second-order valence-corrected chi connectivity index (χ2v) is 8.20. The highest BCUT2D eigenvalue weighted by Crippen LogP contribution is 2.40. The second kappa shape index (κ2) is 17.8. The third-order valence-corrected chi connectivity index (χ3v) is 4.77. The minimum absolute atomic E-state index is 0.278. The fourth-order valence-corrected chi connectivity index (χ4v) is 3.10. The van der Waals surface area contributed by atoms with E-state index in [1.54, 1.807) is 13.1 Å². The molecule has 1 atom stereocenters. The van der Waals surface area contributed by atoms with Gasteiger partial charge < -0.3 is 14.7 Å². The zero-order valence-electron chi connectivity index (χ0n) is 22.7. The van der Waals surface area contributed by atoms with Crippen molar-refractivity contribution in [1.82, 2.24) is 14.7 Å². The van der Waals surface area contributed by atoms with E-state index in [2.05, 4.69) is 61.9 Å². The Morgan fingerprint density at radius 3 is 1.86 bits per heavy atom. The summed E-state index contributed by atoms with van der Waals surface area (Å²) in [7, 11) is 3.84. The lowest BCUT2D eigenvalue weighted by atomic mass is 9.99. The van der Waals surface area contributed by atoms with Crippen LogP contribution in [0.25, 0.3) is 0 Å². The molecule has 0 bridgehead atoms. The number of benzene rings is 1. The number of fused-ring (bicyclic) bond motifs is 1. The highest BCUT2D eigenvalue weighted by Gasteiger charge is 2.37. The molecule has 2 aliphatic heterocycles. The van der Waals surface area contributed by atoms with E-state index in [1.807, 2.05) is 25.8 Å². The highest BCUT2D eigenvalue weighted by atomic mass is 19.4. The lowest BCUT2D eigenvalue weighted by Crippen LogP contribution is -2.52. The molecule has 2 heterocycles. The number of rotatable bonds is 0. The van der Waals surface area contributed by atoms with Crippen LogP contribution in [0.3, 0.4) is 0 Å². The first-order valence-corrected chi connectivity index (χ1v) is 12.0. The lowest BCUT2D eigenvalue weighted by Gasteiger charge is -2.42. The van der Waals surface area contributed by atoms with Crippen molar-refractivity contribution in [2.75, 3.05) is 40.3 Å². The van der Waals surface area contributed by atoms with E-state index < -0.39 is 17.6 Å². The number of halogens is 4. The van der Waals surface area contributed by atoms with Crippen LogP contribution in [0.1, 0.15) is 71.6 Å². The van der Waals surface area contributed by atoms with E-state index >= 15 is 0 Å². The number of hydrogen-bond acceptors (Lipinski definition) is 4. The Morgan fingerprint density at radius 1 is 1.03 bits per heavy atom. The number of allylic oxidation sites excluding steroid dienone is 1. The Labute approximate surface area is 210 Å². The van der Waals surface area contributed by atoms with Gasteiger partial charge in [0.15, 0.2) is 0 Å². The van der Waals surface area contributed by atoms with Crippen LogP contribution in [0.4, 0.5) is 23.2 Å². The standard InChI is InChI=1S/C16H20F4N4.2C3H8.C3H6.C2H2/c1-10-11-8-12(16(18,19)20)13(17)9-14(11)21-15(23(10)3)24-6-4-22(2)5-7-24;3*1-3-2;1-2/h8-10H,4-7H2,1-3H3;2*3H2,1-2H3;3H,1H2,2H3;1-2H. The predicted molar refractivity (Wildman–Crippen MR) is 141 cm³/mol. The molecule has 35 heavy (non-hydrogen) atoms. The van der Waals surface area contributed by atoms with Gasteiger partial charge in [0.05, 0.1) is 17.3 Å². The zero-order valence-corrected chi connectivity index (χ0v) is 22.7. The van der Waals surface area contributed by atoms with E-state index in [0.717, 1.165) is 38.3 Å². The molecule has 1 fully saturated rings. The maximum absolute atomic E-state index is 13.9. The van der Waals surface area contributed by atoms with Crippen molar-refractivity contribution < 1.29 is 17.6 Å². The van der Waals surface area contributed by atoms with Crippen molar-refractivity contribution in [1.29, 1.82) is 0 Å². The molecule has 1 saturated heterocycles. The van der Waals surface area contributed by atoms with Crippen molar-refractivity contribution in [3.63, 3.8) is 0 Å². The van der Waals surface area contributed by atoms with Gasteiger partial charge in [0.2, 0.25) is 5.96 Å². The van der Waals surface area contributed by atoms with E-state index in [-0.39, 0.29) is 11.7 Å². The van der Waals surface area contributed by atoms with E-state index in [4.69, 9.17) is 0 Å². The molecule has 0 saturated carbocycles. The minimum atomic E-state index is -4.71. The van der Waals surface area contributed by atoms with Crippen LogP contribution in [0.2, 0.25) is 0 Å². The van der Waals surface area contributed by atoms with Gasteiger partial charge in [-0.05, 0) is 27.0 Å². The summed E-state index contributed by atoms with van der Waals surface area (Å²) in [5.41, 5.74) is -0.566. The Kier molecular flexibility index (Phi) is 17.7. The van der Waals surface area contributed by atoms with Gasteiger partial charge in [-0.15, -0.1) is 19.4 Å². The van der Waals surface area contributed by atoms with Crippen LogP contribution < -0.4 is 0 Å². The first-order valence-electron chi connectivity index (χ1n) is 12.0. The van der Waals surface area contributed by atoms with Gasteiger partial charge in [0.25, 0.3) is 0 Å². The smallest absolute Gasteiger partial charge is 0.340 e. The van der Waals surface area contributed by atoms with Crippen LogP contribution >= 0.6 is 0 Å². The first-order chi connectivity index (χ1) is 16.4. The molecule has 1 aromatic carbocycles. The Bertz CT molecular complexity index is 777. The van der Waals surface area contributed by atoms with Gasteiger partial charge in [-0.3, -0.25) is 0 Å². The fourth-order valence-electron chi connectivity index (χ4n) is 3.10. The van der Waals surface area contributed by atoms with Gasteiger partial charge in [0, 0.05) is 44.9 Å². The first kappa shape index (κ1) is 34.6. The average Bonchev–Trinajstić information content (AvgIpc) is 2.79. The number of hydrogen-bond donors (Lipinski definition) is 0. The molecule has 8 heteroatoms. The molecule has 0 aliphatic carbocycles. The summed E-state index contributed by atoms with van der Waals surface area (Å²) >= 11 is 0. The maximum atomic E-state index is 13.9. The molecule has 0 N–H and O–H groups in total. The monoisotopic (exact) mass is 500 g/mol. The lowest BCUT2D eigenvalue weighted by molar-refractivity contribution is -0.140. The summed E-state index contributed by atoms with van der Waals surface area (Å²) < 4.78 is 52.7. The number of aliphatic imine (C=N–C) groups is 1. The molecule has 0 amide bonds. The maximum Gasteiger partial charge on any atom is 0.419 e. The summed E-state index contributed by atoms with van der Waals surface area (Å²) in [6.45, 7) is 18.9. The van der Waals surface area contributed by atoms with Gasteiger partial charge in [-0.2, -0.15) is 13.2 Å². The zero-order chi connectivity index (χ0) is 27.8. The molecule has 0 aromatic heterocycles. The number of piperazine rings is 1. The van der Waals surface area contributed by atoms with Crippen LogP contribution in [-0.4, -0.2) is 60.9 Å². The molecular formula is C27H44F4N4. The second-order valence-electron chi connectivity index (χ2n) is 8.20. The van der Waals surface area contributed by atoms with Crippen molar-refractivity contribution in [2.24, 2.45) is 4.99 Å². The van der Waals surface area contributed by atoms with E-state index in [1.165, 1.54) is 12.8 Å². The van der Waals surface area contributed by atoms with Crippen LogP contribution in [0.5, 0.6) is 0 Å². The molecule has 0 radical (unpaired) electrons. The van der Waals surface area contributed by atoms with Crippen molar-refractivity contribution in [3.8, 4) is 12.8 Å². The number of guanidine groups is 1. The molecule has 3 rings (SSSR count). The summed E-state index contributed by atoms with van der Waals surface area (Å²) in [6, 6.07) is 1.47. The molecule has 1 aromatic rings. The Morgan fingerprint density at radius 2 is 1.46 bits per heavy atom. The molecule has 0 spiro atoms. The summed E-state index contributed by atoms with van der Waals surface area (Å²) in [5.74, 6) is -0.596. The van der Waals surface area contributed by atoms with Gasteiger partial charge >= 0.3 is 6.18 Å². The number of terminal acetylenes is 1. The summed E-state index contributed by atoms with van der Waals surface area (Å²) in [4.78, 5) is 10.6. The third-order valence-electron chi connectivity index (χ3n) is 4.77. The Balaban J connectivity index is 0. The Hall–Kier alpha value is -2.53. The fraction of sp³-hybridized carbons (Fsp3) is 0.593. The quantitative estimate of drug-likeness (QED) is 0.211. The van der Waals surface area contributed by atoms with Gasteiger partial charge in [-0.1, -0.05) is 46.6 Å². The molecule has 200 valence electrons. The van der Waals surface area contributed by atoms with E-state index in [9.17, 15) is 17.6 Å². The summed E-state index contributed by atoms with van der Waals surface area (Å²) in [5, 5.41) is 0. The summed E-state index contributed by atoms with van der Waals surface area (Å²) in [6.07, 6.45) is 7.54. The van der Waals surface area contributed by atoms with E-state index in [0.29, 0.717) is 11.5 Å². The number of nitrogens with zero attached hydrogens (tertiary/aromatic N) is 4. The minimum Gasteiger partial charge on any atom is -0.340 e. The molecule has 1 unspecified atom stereocenters. The normalized spacial score (nSPS) is 16.9. The highest BCUT2D eigenvalue weighted by molar-refractivity contribution is 5.86. The molecular weight excluding hydrogens is 456 g/mol. The third kappa shape index (κ3) is 11.2. The van der Waals surface area contributed by atoms with Crippen molar-refractivity contribution >= 4 is 11.6 Å². The largest absolute Gasteiger partial charge is 0.419 e. The molecule has 2 aliphatic rings. The van der Waals surface area contributed by atoms with Crippen LogP contribution in [0.15, 0.2) is 29.8 Å². The predicted octanol–water partition coefficient (Wildman–Crippen LogP) is 7.36. The SMILES string of the molecule is C#C.C=CC.CC1c2cc(C(F)(F)F)c(F)cc2N=C(N2CCN(C)CC2)N1C.CCC.CCC. The van der Waals surface area contributed by atoms with Crippen LogP contribution in [0, 0.1) is 18.7 Å². The number of likely N-dealkylation sites (N-methyl/N-ethyl adjacent to an activating group) is 1. The van der Waals surface area contributed by atoms with Crippen molar-refractivity contribution in [3.05, 3.63) is 41.7 Å². The van der Waals surface area contributed by atoms with Crippen LogP contribution in [-0.2, 0) is 6.18 Å². The topological polar surface area (TPSA) is 22.1 Å². The average molecular weight is 501 g/mol. The van der Waals surface area contributed by atoms with Crippen molar-refractivity contribution in [2.45, 2.75) is 66.6 Å².